The smallest absolute Gasteiger partial charge is 0.236 e. The van der Waals surface area contributed by atoms with E-state index >= 15 is 0 Å². The van der Waals surface area contributed by atoms with Gasteiger partial charge in [0, 0.05) is 10.9 Å². The molecule has 0 radical (unpaired) electrons. The van der Waals surface area contributed by atoms with Crippen LogP contribution < -0.4 is 0 Å². The summed E-state index contributed by atoms with van der Waals surface area (Å²) in [5, 5.41) is 0. The molecule has 1 heterocycles. The van der Waals surface area contributed by atoms with Crippen molar-refractivity contribution < 1.29 is 14.0 Å². The highest BCUT2D eigenvalue weighted by Crippen LogP contribution is 2.40. The van der Waals surface area contributed by atoms with E-state index in [9.17, 15) is 14.0 Å². The first kappa shape index (κ1) is 15.2. The Hall–Kier alpha value is -1.23. The number of hydrogen-bond acceptors (Lipinski definition) is 2. The maximum Gasteiger partial charge on any atom is 0.236 e. The van der Waals surface area contributed by atoms with Gasteiger partial charge in [0.05, 0.1) is 12.0 Å². The van der Waals surface area contributed by atoms with Gasteiger partial charge in [-0.05, 0) is 36.6 Å². The lowest BCUT2D eigenvalue weighted by Gasteiger charge is -2.23. The summed E-state index contributed by atoms with van der Waals surface area (Å²) >= 11 is 3.32. The first-order valence-electron chi connectivity index (χ1n) is 6.72. The number of carbonyl (C=O) groups is 2. The zero-order valence-corrected chi connectivity index (χ0v) is 13.2. The third kappa shape index (κ3) is 2.51. The Labute approximate surface area is 126 Å². The minimum absolute atomic E-state index is 0.123. The predicted molar refractivity (Wildman–Crippen MR) is 77.3 cm³/mol. The number of imide groups is 1. The van der Waals surface area contributed by atoms with Gasteiger partial charge in [-0.1, -0.05) is 29.8 Å². The maximum atomic E-state index is 13.3. The van der Waals surface area contributed by atoms with E-state index in [0.717, 1.165) is 0 Å². The molecule has 0 aliphatic carbocycles. The quantitative estimate of drug-likeness (QED) is 0.784. The number of nitrogens with zero attached hydrogens (tertiary/aromatic N) is 1. The molecule has 0 atom stereocenters. The van der Waals surface area contributed by atoms with E-state index in [4.69, 9.17) is 0 Å². The van der Waals surface area contributed by atoms with E-state index in [2.05, 4.69) is 15.9 Å². The molecule has 3 nitrogen and oxygen atoms in total. The summed E-state index contributed by atoms with van der Waals surface area (Å²) in [5.74, 6) is -0.682. The molecule has 1 fully saturated rings. The van der Waals surface area contributed by atoms with Crippen molar-refractivity contribution in [2.24, 2.45) is 5.41 Å². The Morgan fingerprint density at radius 1 is 1.30 bits per heavy atom. The number of hydrogen-bond donors (Lipinski definition) is 0. The minimum Gasteiger partial charge on any atom is -0.278 e. The van der Waals surface area contributed by atoms with Crippen LogP contribution in [0.25, 0.3) is 0 Å². The zero-order valence-electron chi connectivity index (χ0n) is 11.6. The molecule has 1 aliphatic heterocycles. The molecule has 5 heteroatoms. The van der Waals surface area contributed by atoms with E-state index in [1.54, 1.807) is 6.07 Å². The van der Waals surface area contributed by atoms with Gasteiger partial charge in [-0.25, -0.2) is 4.39 Å². The summed E-state index contributed by atoms with van der Waals surface area (Å²) in [4.78, 5) is 25.9. The Morgan fingerprint density at radius 2 is 1.95 bits per heavy atom. The first-order chi connectivity index (χ1) is 9.43. The van der Waals surface area contributed by atoms with Gasteiger partial charge >= 0.3 is 0 Å². The Kier molecular flexibility index (Phi) is 4.28. The molecule has 1 aromatic carbocycles. The summed E-state index contributed by atoms with van der Waals surface area (Å²) in [6, 6.07) is 4.27. The SMILES string of the molecule is CCC1(CC)CC(=O)N(Cc2cc(F)ccc2Br)C1=O. The van der Waals surface area contributed by atoms with Crippen molar-refractivity contribution in [3.8, 4) is 0 Å². The summed E-state index contributed by atoms with van der Waals surface area (Å²) in [6.07, 6.45) is 1.55. The monoisotopic (exact) mass is 341 g/mol. The second kappa shape index (κ2) is 5.64. The van der Waals surface area contributed by atoms with Crippen LogP contribution in [-0.2, 0) is 16.1 Å². The van der Waals surface area contributed by atoms with Crippen LogP contribution in [0.5, 0.6) is 0 Å². The molecule has 0 aromatic heterocycles. The van der Waals surface area contributed by atoms with Gasteiger partial charge in [0.25, 0.3) is 0 Å². The van der Waals surface area contributed by atoms with E-state index in [1.807, 2.05) is 13.8 Å². The normalized spacial score (nSPS) is 17.9. The summed E-state index contributed by atoms with van der Waals surface area (Å²) in [5.41, 5.74) is 0.0337. The lowest BCUT2D eigenvalue weighted by atomic mass is 9.81. The Bertz CT molecular complexity index is 555. The summed E-state index contributed by atoms with van der Waals surface area (Å²) < 4.78 is 14.0. The second-order valence-electron chi connectivity index (χ2n) is 5.18. The Balaban J connectivity index is 2.28. The molecular weight excluding hydrogens is 325 g/mol. The molecular formula is C15H17BrFNO2. The van der Waals surface area contributed by atoms with E-state index in [-0.39, 0.29) is 30.6 Å². The highest BCUT2D eigenvalue weighted by atomic mass is 79.9. The van der Waals surface area contributed by atoms with Gasteiger partial charge < -0.3 is 0 Å². The van der Waals surface area contributed by atoms with Crippen molar-refractivity contribution in [1.29, 1.82) is 0 Å². The van der Waals surface area contributed by atoms with E-state index in [0.29, 0.717) is 22.9 Å². The van der Waals surface area contributed by atoms with Crippen LogP contribution in [0.3, 0.4) is 0 Å². The molecule has 1 aliphatic rings. The Morgan fingerprint density at radius 3 is 2.50 bits per heavy atom. The maximum absolute atomic E-state index is 13.3. The third-order valence-corrected chi connectivity index (χ3v) is 4.95. The highest BCUT2D eigenvalue weighted by molar-refractivity contribution is 9.10. The minimum atomic E-state index is -0.573. The largest absolute Gasteiger partial charge is 0.278 e. The van der Waals surface area contributed by atoms with Crippen molar-refractivity contribution >= 4 is 27.7 Å². The molecule has 0 spiro atoms. The third-order valence-electron chi connectivity index (χ3n) is 4.18. The molecule has 20 heavy (non-hydrogen) atoms. The fourth-order valence-corrected chi connectivity index (χ4v) is 3.03. The van der Waals surface area contributed by atoms with Gasteiger partial charge in [0.15, 0.2) is 0 Å². The van der Waals surface area contributed by atoms with Crippen molar-refractivity contribution in [1.82, 2.24) is 4.90 Å². The van der Waals surface area contributed by atoms with Crippen molar-refractivity contribution in [3.63, 3.8) is 0 Å². The van der Waals surface area contributed by atoms with Crippen LogP contribution in [0.15, 0.2) is 22.7 Å². The fraction of sp³-hybridized carbons (Fsp3) is 0.467. The summed E-state index contributed by atoms with van der Waals surface area (Å²) in [6.45, 7) is 3.98. The van der Waals surface area contributed by atoms with Crippen LogP contribution in [-0.4, -0.2) is 16.7 Å². The van der Waals surface area contributed by atoms with Crippen LogP contribution in [0.4, 0.5) is 4.39 Å². The molecule has 1 aromatic rings. The standard InChI is InChI=1S/C15H17BrFNO2/c1-3-15(4-2)8-13(19)18(14(15)20)9-10-7-11(17)5-6-12(10)16/h5-7H,3-4,8-9H2,1-2H3. The number of rotatable bonds is 4. The molecule has 108 valence electrons. The fourth-order valence-electron chi connectivity index (χ4n) is 2.66. The average Bonchev–Trinajstić information content (AvgIpc) is 2.67. The zero-order chi connectivity index (χ0) is 14.9. The van der Waals surface area contributed by atoms with Gasteiger partial charge in [0.2, 0.25) is 11.8 Å². The van der Waals surface area contributed by atoms with Crippen LogP contribution in [0.2, 0.25) is 0 Å². The van der Waals surface area contributed by atoms with Crippen molar-refractivity contribution in [2.75, 3.05) is 0 Å². The van der Waals surface area contributed by atoms with Crippen LogP contribution in [0, 0.1) is 11.2 Å². The van der Waals surface area contributed by atoms with Gasteiger partial charge in [0.1, 0.15) is 5.82 Å². The van der Waals surface area contributed by atoms with Crippen LogP contribution >= 0.6 is 15.9 Å². The molecule has 0 saturated carbocycles. The molecule has 2 amide bonds. The molecule has 1 saturated heterocycles. The van der Waals surface area contributed by atoms with Gasteiger partial charge in [-0.15, -0.1) is 0 Å². The number of amides is 2. The lowest BCUT2D eigenvalue weighted by Crippen LogP contribution is -2.34. The lowest BCUT2D eigenvalue weighted by molar-refractivity contribution is -0.142. The number of halogens is 2. The topological polar surface area (TPSA) is 37.4 Å². The molecule has 0 N–H and O–H groups in total. The number of benzene rings is 1. The van der Waals surface area contributed by atoms with Crippen LogP contribution in [0.1, 0.15) is 38.7 Å². The summed E-state index contributed by atoms with van der Waals surface area (Å²) in [7, 11) is 0. The van der Waals surface area contributed by atoms with E-state index < -0.39 is 5.41 Å². The highest BCUT2D eigenvalue weighted by Gasteiger charge is 2.48. The van der Waals surface area contributed by atoms with Crippen molar-refractivity contribution in [2.45, 2.75) is 39.7 Å². The number of likely N-dealkylation sites (tertiary alicyclic amines) is 1. The molecule has 0 bridgehead atoms. The number of carbonyl (C=O) groups excluding carboxylic acids is 2. The average molecular weight is 342 g/mol. The molecule has 2 rings (SSSR count). The van der Waals surface area contributed by atoms with Gasteiger partial charge in [-0.2, -0.15) is 0 Å². The second-order valence-corrected chi connectivity index (χ2v) is 6.04. The molecule has 0 unspecified atom stereocenters. The predicted octanol–water partition coefficient (Wildman–Crippen LogP) is 3.65. The van der Waals surface area contributed by atoms with E-state index in [1.165, 1.54) is 17.0 Å². The van der Waals surface area contributed by atoms with Gasteiger partial charge in [-0.3, -0.25) is 14.5 Å². The van der Waals surface area contributed by atoms with Crippen molar-refractivity contribution in [3.05, 3.63) is 34.1 Å². The first-order valence-corrected chi connectivity index (χ1v) is 7.51.